The van der Waals surface area contributed by atoms with Crippen molar-refractivity contribution in [3.63, 3.8) is 0 Å². The van der Waals surface area contributed by atoms with Crippen LogP contribution in [0, 0.1) is 5.92 Å². The topological polar surface area (TPSA) is 69.0 Å². The Balaban J connectivity index is 1.99. The standard InChI is InChI=1S/C11H15F3N4O2/c1-2-20-10(19)15-6-9-17-16-8-5-7(11(12,13)14)3-4-18(8)9/h7H,2-6H2,1H3,(H,15,19)/t7-/m1/s1. The fourth-order valence-electron chi connectivity index (χ4n) is 2.13. The van der Waals surface area contributed by atoms with Crippen molar-refractivity contribution in [1.29, 1.82) is 0 Å². The molecule has 1 amide bonds. The van der Waals surface area contributed by atoms with E-state index < -0.39 is 18.2 Å². The molecule has 1 atom stereocenters. The predicted octanol–water partition coefficient (Wildman–Crippen LogP) is 1.65. The van der Waals surface area contributed by atoms with Crippen LogP contribution < -0.4 is 5.32 Å². The van der Waals surface area contributed by atoms with Gasteiger partial charge in [-0.3, -0.25) is 0 Å². The molecule has 9 heteroatoms. The van der Waals surface area contributed by atoms with E-state index in [0.717, 1.165) is 0 Å². The molecular formula is C11H15F3N4O2. The number of aromatic nitrogens is 3. The second-order valence-corrected chi connectivity index (χ2v) is 4.49. The highest BCUT2D eigenvalue weighted by Crippen LogP contribution is 2.34. The van der Waals surface area contributed by atoms with Gasteiger partial charge in [-0.05, 0) is 13.3 Å². The molecule has 1 aromatic rings. The van der Waals surface area contributed by atoms with E-state index in [1.807, 2.05) is 0 Å². The Hall–Kier alpha value is -1.80. The summed E-state index contributed by atoms with van der Waals surface area (Å²) in [5, 5.41) is 10.1. The van der Waals surface area contributed by atoms with Crippen LogP contribution in [-0.2, 0) is 24.2 Å². The van der Waals surface area contributed by atoms with Gasteiger partial charge in [-0.25, -0.2) is 4.79 Å². The lowest BCUT2D eigenvalue weighted by atomic mass is 9.97. The molecule has 0 bridgehead atoms. The highest BCUT2D eigenvalue weighted by molar-refractivity contribution is 5.66. The molecule has 0 saturated heterocycles. The SMILES string of the molecule is CCOC(=O)NCc1nnc2n1CC[C@@H](C(F)(F)F)C2. The number of carbonyl (C=O) groups is 1. The van der Waals surface area contributed by atoms with Crippen molar-refractivity contribution in [2.75, 3.05) is 6.61 Å². The molecule has 1 aliphatic heterocycles. The van der Waals surface area contributed by atoms with Crippen LogP contribution in [0.2, 0.25) is 0 Å². The number of alkyl carbamates (subject to hydrolysis) is 1. The smallest absolute Gasteiger partial charge is 0.407 e. The molecule has 1 aromatic heterocycles. The van der Waals surface area contributed by atoms with Crippen LogP contribution >= 0.6 is 0 Å². The summed E-state index contributed by atoms with van der Waals surface area (Å²) in [6.07, 6.45) is -4.97. The number of carbonyl (C=O) groups excluding carboxylic acids is 1. The van der Waals surface area contributed by atoms with E-state index in [2.05, 4.69) is 20.3 Å². The molecule has 1 aliphatic rings. The molecule has 0 aromatic carbocycles. The number of nitrogens with one attached hydrogen (secondary N) is 1. The largest absolute Gasteiger partial charge is 0.450 e. The van der Waals surface area contributed by atoms with Gasteiger partial charge in [-0.2, -0.15) is 13.2 Å². The molecule has 0 radical (unpaired) electrons. The normalized spacial score (nSPS) is 18.5. The van der Waals surface area contributed by atoms with E-state index in [0.29, 0.717) is 11.6 Å². The summed E-state index contributed by atoms with van der Waals surface area (Å²) >= 11 is 0. The lowest BCUT2D eigenvalue weighted by Crippen LogP contribution is -2.32. The summed E-state index contributed by atoms with van der Waals surface area (Å²) in [6, 6.07) is 0. The minimum absolute atomic E-state index is 0.000939. The Morgan fingerprint density at radius 2 is 2.25 bits per heavy atom. The average Bonchev–Trinajstić information content (AvgIpc) is 2.78. The van der Waals surface area contributed by atoms with Crippen molar-refractivity contribution in [3.05, 3.63) is 11.6 Å². The van der Waals surface area contributed by atoms with Crippen LogP contribution in [0.3, 0.4) is 0 Å². The highest BCUT2D eigenvalue weighted by atomic mass is 19.4. The van der Waals surface area contributed by atoms with Gasteiger partial charge in [-0.1, -0.05) is 0 Å². The molecule has 2 heterocycles. The van der Waals surface area contributed by atoms with Gasteiger partial charge in [0.2, 0.25) is 0 Å². The first-order valence-corrected chi connectivity index (χ1v) is 6.30. The molecule has 0 unspecified atom stereocenters. The zero-order valence-corrected chi connectivity index (χ0v) is 10.9. The summed E-state index contributed by atoms with van der Waals surface area (Å²) in [4.78, 5) is 11.2. The summed E-state index contributed by atoms with van der Waals surface area (Å²) in [5.74, 6) is -0.627. The molecule has 6 nitrogen and oxygen atoms in total. The number of halogens is 3. The monoisotopic (exact) mass is 292 g/mol. The maximum Gasteiger partial charge on any atom is 0.407 e. The minimum atomic E-state index is -4.21. The number of amides is 1. The number of alkyl halides is 3. The maximum absolute atomic E-state index is 12.6. The molecule has 0 aliphatic carbocycles. The Morgan fingerprint density at radius 1 is 1.50 bits per heavy atom. The van der Waals surface area contributed by atoms with E-state index in [4.69, 9.17) is 0 Å². The van der Waals surface area contributed by atoms with Crippen molar-refractivity contribution < 1.29 is 22.7 Å². The highest BCUT2D eigenvalue weighted by Gasteiger charge is 2.42. The summed E-state index contributed by atoms with van der Waals surface area (Å²) < 4.78 is 44.3. The second kappa shape index (κ2) is 5.68. The Morgan fingerprint density at radius 3 is 2.90 bits per heavy atom. The molecule has 0 fully saturated rings. The average molecular weight is 292 g/mol. The maximum atomic E-state index is 12.6. The molecule has 112 valence electrons. The van der Waals surface area contributed by atoms with Gasteiger partial charge in [0.1, 0.15) is 5.82 Å². The molecule has 20 heavy (non-hydrogen) atoms. The van der Waals surface area contributed by atoms with Crippen molar-refractivity contribution >= 4 is 6.09 Å². The molecule has 2 rings (SSSR count). The zero-order valence-electron chi connectivity index (χ0n) is 10.9. The van der Waals surface area contributed by atoms with Crippen LogP contribution in [0.1, 0.15) is 25.0 Å². The minimum Gasteiger partial charge on any atom is -0.450 e. The first-order chi connectivity index (χ1) is 9.41. The number of ether oxygens (including phenoxy) is 1. The van der Waals surface area contributed by atoms with Crippen LogP contribution in [0.4, 0.5) is 18.0 Å². The van der Waals surface area contributed by atoms with Crippen LogP contribution in [0.5, 0.6) is 0 Å². The molecule has 0 spiro atoms. The first-order valence-electron chi connectivity index (χ1n) is 6.30. The quantitative estimate of drug-likeness (QED) is 0.919. The third kappa shape index (κ3) is 3.20. The van der Waals surface area contributed by atoms with Crippen LogP contribution in [-0.4, -0.2) is 33.6 Å². The number of fused-ring (bicyclic) bond motifs is 1. The van der Waals surface area contributed by atoms with Gasteiger partial charge in [0.25, 0.3) is 0 Å². The number of hydrogen-bond acceptors (Lipinski definition) is 4. The van der Waals surface area contributed by atoms with Gasteiger partial charge in [0.15, 0.2) is 5.82 Å². The lowest BCUT2D eigenvalue weighted by molar-refractivity contribution is -0.179. The van der Waals surface area contributed by atoms with Crippen molar-refractivity contribution in [2.24, 2.45) is 5.92 Å². The zero-order chi connectivity index (χ0) is 14.8. The predicted molar refractivity (Wildman–Crippen MR) is 61.7 cm³/mol. The number of rotatable bonds is 3. The summed E-state index contributed by atoms with van der Waals surface area (Å²) in [5.41, 5.74) is 0. The Bertz CT molecular complexity index is 487. The fraction of sp³-hybridized carbons (Fsp3) is 0.727. The van der Waals surface area contributed by atoms with Gasteiger partial charge >= 0.3 is 12.3 Å². The van der Waals surface area contributed by atoms with Crippen molar-refractivity contribution in [1.82, 2.24) is 20.1 Å². The fourth-order valence-corrected chi connectivity index (χ4v) is 2.13. The van der Waals surface area contributed by atoms with Crippen molar-refractivity contribution in [3.8, 4) is 0 Å². The van der Waals surface area contributed by atoms with Gasteiger partial charge in [0.05, 0.1) is 19.1 Å². The van der Waals surface area contributed by atoms with Crippen LogP contribution in [0.15, 0.2) is 0 Å². The van der Waals surface area contributed by atoms with E-state index in [1.54, 1.807) is 11.5 Å². The van der Waals surface area contributed by atoms with Gasteiger partial charge in [0, 0.05) is 13.0 Å². The molecule has 0 saturated carbocycles. The third-order valence-electron chi connectivity index (χ3n) is 3.16. The first kappa shape index (κ1) is 14.6. The van der Waals surface area contributed by atoms with Crippen molar-refractivity contribution in [2.45, 2.75) is 39.0 Å². The van der Waals surface area contributed by atoms with E-state index in [1.165, 1.54) is 0 Å². The van der Waals surface area contributed by atoms with E-state index >= 15 is 0 Å². The molecular weight excluding hydrogens is 277 g/mol. The number of hydrogen-bond donors (Lipinski definition) is 1. The Kier molecular flexibility index (Phi) is 4.15. The lowest BCUT2D eigenvalue weighted by Gasteiger charge is -2.25. The number of nitrogens with zero attached hydrogens (tertiary/aromatic N) is 3. The van der Waals surface area contributed by atoms with Gasteiger partial charge < -0.3 is 14.6 Å². The van der Waals surface area contributed by atoms with Crippen LogP contribution in [0.25, 0.3) is 0 Å². The summed E-state index contributed by atoms with van der Waals surface area (Å²) in [6.45, 7) is 2.21. The van der Waals surface area contributed by atoms with E-state index in [-0.39, 0.29) is 32.5 Å². The third-order valence-corrected chi connectivity index (χ3v) is 3.16. The Labute approximate surface area is 113 Å². The second-order valence-electron chi connectivity index (χ2n) is 4.49. The van der Waals surface area contributed by atoms with Gasteiger partial charge in [-0.15, -0.1) is 10.2 Å². The van der Waals surface area contributed by atoms with E-state index in [9.17, 15) is 18.0 Å². The summed E-state index contributed by atoms with van der Waals surface area (Å²) in [7, 11) is 0. The molecule has 1 N–H and O–H groups in total.